The van der Waals surface area contributed by atoms with Crippen molar-refractivity contribution in [1.82, 2.24) is 9.97 Å². The molecule has 8 heteroatoms. The number of alkyl halides is 3. The summed E-state index contributed by atoms with van der Waals surface area (Å²) in [4.78, 5) is 21.4. The molecule has 0 aliphatic carbocycles. The molecule has 0 saturated carbocycles. The second-order valence-corrected chi connectivity index (χ2v) is 10.3. The summed E-state index contributed by atoms with van der Waals surface area (Å²) in [7, 11) is 0. The molecule has 5 aromatic rings. The average Bonchev–Trinajstić information content (AvgIpc) is 3.39. The molecule has 1 atom stereocenters. The van der Waals surface area contributed by atoms with Crippen LogP contribution in [0.4, 0.5) is 13.2 Å². The number of ketones is 1. The van der Waals surface area contributed by atoms with E-state index in [1.54, 1.807) is 54.6 Å². The van der Waals surface area contributed by atoms with Crippen LogP contribution in [0.1, 0.15) is 46.7 Å². The molecule has 4 aromatic carbocycles. The fraction of sp³-hybridized carbons (Fsp3) is 0.152. The van der Waals surface area contributed by atoms with E-state index >= 15 is 0 Å². The van der Waals surface area contributed by atoms with Gasteiger partial charge < -0.3 is 10.1 Å². The number of halogens is 4. The number of hydrogen-bond acceptors (Lipinski definition) is 3. The highest BCUT2D eigenvalue weighted by Crippen LogP contribution is 2.41. The molecule has 0 saturated heterocycles. The first-order valence-corrected chi connectivity index (χ1v) is 13.4. The molecule has 4 nitrogen and oxygen atoms in total. The number of carbonyl (C=O) groups is 1. The van der Waals surface area contributed by atoms with E-state index in [9.17, 15) is 23.1 Å². The molecule has 0 spiro atoms. The zero-order chi connectivity index (χ0) is 29.1. The molecule has 1 heterocycles. The van der Waals surface area contributed by atoms with E-state index < -0.39 is 18.5 Å². The van der Waals surface area contributed by atoms with E-state index in [1.807, 2.05) is 30.3 Å². The number of fused-ring (bicyclic) bond motifs is 1. The molecule has 0 fully saturated rings. The third-order valence-electron chi connectivity index (χ3n) is 7.06. The van der Waals surface area contributed by atoms with Crippen LogP contribution in [0, 0.1) is 0 Å². The van der Waals surface area contributed by atoms with E-state index in [2.05, 4.69) is 11.6 Å². The summed E-state index contributed by atoms with van der Waals surface area (Å²) >= 11 is 6.69. The Morgan fingerprint density at radius 3 is 2.39 bits per heavy atom. The van der Waals surface area contributed by atoms with Crippen LogP contribution in [-0.4, -0.2) is 27.0 Å². The summed E-state index contributed by atoms with van der Waals surface area (Å²) in [5.74, 6) is -0.656. The van der Waals surface area contributed by atoms with Crippen molar-refractivity contribution in [3.8, 4) is 22.5 Å². The molecule has 0 amide bonds. The van der Waals surface area contributed by atoms with Crippen LogP contribution < -0.4 is 0 Å². The van der Waals surface area contributed by atoms with Gasteiger partial charge >= 0.3 is 6.18 Å². The van der Waals surface area contributed by atoms with Crippen molar-refractivity contribution in [1.29, 1.82) is 0 Å². The van der Waals surface area contributed by atoms with Gasteiger partial charge in [-0.05, 0) is 47.7 Å². The Balaban J connectivity index is 1.52. The lowest BCUT2D eigenvalue weighted by Gasteiger charge is -2.19. The Labute approximate surface area is 240 Å². The minimum Gasteiger partial charge on any atom is -0.508 e. The normalized spacial score (nSPS) is 12.4. The number of aromatic amines is 1. The Hall–Kier alpha value is -4.36. The maximum atomic E-state index is 13.4. The zero-order valence-electron chi connectivity index (χ0n) is 21.9. The molecule has 0 radical (unpaired) electrons. The van der Waals surface area contributed by atoms with Crippen molar-refractivity contribution in [2.24, 2.45) is 0 Å². The molecular formula is C33H26ClF3N2O2. The Kier molecular flexibility index (Phi) is 7.99. The van der Waals surface area contributed by atoms with E-state index in [-0.39, 0.29) is 35.5 Å². The maximum absolute atomic E-state index is 13.4. The van der Waals surface area contributed by atoms with Gasteiger partial charge in [-0.15, -0.1) is 0 Å². The molecule has 1 unspecified atom stereocenters. The minimum absolute atomic E-state index is 0.118. The summed E-state index contributed by atoms with van der Waals surface area (Å²) in [6.45, 7) is 3.70. The maximum Gasteiger partial charge on any atom is 0.389 e. The largest absolute Gasteiger partial charge is 0.508 e. The van der Waals surface area contributed by atoms with Crippen molar-refractivity contribution in [3.05, 3.63) is 119 Å². The highest BCUT2D eigenvalue weighted by Gasteiger charge is 2.30. The highest BCUT2D eigenvalue weighted by atomic mass is 35.5. The van der Waals surface area contributed by atoms with Crippen LogP contribution in [-0.2, 0) is 0 Å². The predicted molar refractivity (Wildman–Crippen MR) is 157 cm³/mol. The number of rotatable bonds is 9. The molecule has 2 N–H and O–H groups in total. The van der Waals surface area contributed by atoms with Gasteiger partial charge in [0.1, 0.15) is 11.6 Å². The van der Waals surface area contributed by atoms with Crippen molar-refractivity contribution < 1.29 is 23.1 Å². The van der Waals surface area contributed by atoms with Gasteiger partial charge in [0.2, 0.25) is 0 Å². The topological polar surface area (TPSA) is 66.0 Å². The number of aliphatic hydroxyl groups excluding tert-OH is 1. The van der Waals surface area contributed by atoms with E-state index in [0.717, 1.165) is 11.0 Å². The Bertz CT molecular complexity index is 1700. The van der Waals surface area contributed by atoms with Crippen LogP contribution in [0.2, 0.25) is 5.02 Å². The molecule has 0 bridgehead atoms. The number of aromatic nitrogens is 2. The monoisotopic (exact) mass is 574 g/mol. The number of carbonyl (C=O) groups excluding carboxylic acids is 1. The van der Waals surface area contributed by atoms with Crippen LogP contribution in [0.3, 0.4) is 0 Å². The van der Waals surface area contributed by atoms with Crippen molar-refractivity contribution >= 4 is 34.2 Å². The molecule has 0 aliphatic rings. The van der Waals surface area contributed by atoms with Crippen LogP contribution in [0.25, 0.3) is 39.3 Å². The van der Waals surface area contributed by atoms with Crippen LogP contribution in [0.5, 0.6) is 0 Å². The summed E-state index contributed by atoms with van der Waals surface area (Å²) in [5, 5.41) is 11.0. The van der Waals surface area contributed by atoms with Gasteiger partial charge in [0, 0.05) is 40.1 Å². The lowest BCUT2D eigenvalue weighted by Crippen LogP contribution is -2.13. The van der Waals surface area contributed by atoms with Crippen molar-refractivity contribution in [2.75, 3.05) is 0 Å². The van der Waals surface area contributed by atoms with Crippen molar-refractivity contribution in [2.45, 2.75) is 31.4 Å². The van der Waals surface area contributed by atoms with E-state index in [0.29, 0.717) is 33.1 Å². The SMILES string of the molecule is C=C(O)c1cc(C(=O)CC(CCC(F)(F)F)c2ccccc2)ccc1-c1c(Cl)cccc1-c1nc2ccccc2[nH]1. The second kappa shape index (κ2) is 11.6. The molecular weight excluding hydrogens is 549 g/mol. The van der Waals surface area contributed by atoms with Crippen LogP contribution >= 0.6 is 11.6 Å². The first-order chi connectivity index (χ1) is 19.6. The zero-order valence-corrected chi connectivity index (χ0v) is 22.6. The number of imidazole rings is 1. The van der Waals surface area contributed by atoms with Crippen molar-refractivity contribution in [3.63, 3.8) is 0 Å². The number of Topliss-reactive ketones (excluding diaryl/α,β-unsaturated/α-hetero) is 1. The summed E-state index contributed by atoms with van der Waals surface area (Å²) in [5.41, 5.74) is 4.64. The molecule has 208 valence electrons. The summed E-state index contributed by atoms with van der Waals surface area (Å²) < 4.78 is 39.1. The van der Waals surface area contributed by atoms with Gasteiger partial charge in [0.15, 0.2) is 5.78 Å². The first kappa shape index (κ1) is 28.2. The molecule has 5 rings (SSSR count). The Morgan fingerprint density at radius 2 is 1.68 bits per heavy atom. The number of H-pyrrole nitrogens is 1. The fourth-order valence-corrected chi connectivity index (χ4v) is 5.32. The number of nitrogens with one attached hydrogen (secondary N) is 1. The number of hydrogen-bond donors (Lipinski definition) is 2. The van der Waals surface area contributed by atoms with Gasteiger partial charge in [-0.2, -0.15) is 13.2 Å². The third kappa shape index (κ3) is 6.36. The summed E-state index contributed by atoms with van der Waals surface area (Å²) in [6, 6.07) is 26.5. The number of para-hydroxylation sites is 2. The third-order valence-corrected chi connectivity index (χ3v) is 7.37. The predicted octanol–water partition coefficient (Wildman–Crippen LogP) is 9.78. The van der Waals surface area contributed by atoms with E-state index in [4.69, 9.17) is 16.6 Å². The van der Waals surface area contributed by atoms with Gasteiger partial charge in [0.05, 0.1) is 11.0 Å². The molecule has 1 aromatic heterocycles. The fourth-order valence-electron chi connectivity index (χ4n) is 5.04. The molecule has 0 aliphatic heterocycles. The minimum atomic E-state index is -4.33. The van der Waals surface area contributed by atoms with E-state index in [1.165, 1.54) is 6.07 Å². The van der Waals surface area contributed by atoms with Gasteiger partial charge in [-0.25, -0.2) is 4.98 Å². The van der Waals surface area contributed by atoms with Gasteiger partial charge in [-0.3, -0.25) is 4.79 Å². The first-order valence-electron chi connectivity index (χ1n) is 13.0. The summed E-state index contributed by atoms with van der Waals surface area (Å²) in [6.07, 6.45) is -5.65. The highest BCUT2D eigenvalue weighted by molar-refractivity contribution is 6.34. The lowest BCUT2D eigenvalue weighted by molar-refractivity contribution is -0.136. The number of nitrogens with zero attached hydrogens (tertiary/aromatic N) is 1. The Morgan fingerprint density at radius 1 is 0.951 bits per heavy atom. The standard InChI is InChI=1S/C33H26ClF3N2O2/c1-20(40)26-18-23(30(41)19-22(16-17-33(35,36)37)21-8-3-2-4-9-21)14-15-24(26)31-25(10-7-11-27(31)34)32-38-28-12-5-6-13-29(28)39-32/h2-15,18,22,40H,1,16-17,19H2,(H,38,39). The van der Waals surface area contributed by atoms with Crippen LogP contribution in [0.15, 0.2) is 97.6 Å². The van der Waals surface area contributed by atoms with Gasteiger partial charge in [-0.1, -0.05) is 84.9 Å². The quantitative estimate of drug-likeness (QED) is 0.136. The smallest absolute Gasteiger partial charge is 0.389 e. The van der Waals surface area contributed by atoms with Gasteiger partial charge in [0.25, 0.3) is 0 Å². The lowest BCUT2D eigenvalue weighted by atomic mass is 9.86. The number of aliphatic hydroxyl groups is 1. The molecule has 41 heavy (non-hydrogen) atoms. The number of benzene rings is 4. The average molecular weight is 575 g/mol. The second-order valence-electron chi connectivity index (χ2n) is 9.86.